The van der Waals surface area contributed by atoms with E-state index in [2.05, 4.69) is 68.9 Å². The second-order valence-corrected chi connectivity index (χ2v) is 19.8. The van der Waals surface area contributed by atoms with Crippen LogP contribution in [0.2, 0.25) is 0 Å². The number of ether oxygens (including phenoxy) is 2. The minimum atomic E-state index is -0.178. The molecule has 262 valence electrons. The molecule has 0 aromatic rings. The second kappa shape index (κ2) is 12.2. The van der Waals surface area contributed by atoms with Crippen LogP contribution < -0.4 is 0 Å². The Bertz CT molecular complexity index is 1160. The van der Waals surface area contributed by atoms with Crippen molar-refractivity contribution >= 4 is 5.97 Å². The first-order valence-electron chi connectivity index (χ1n) is 19.6. The molecule has 0 aromatic carbocycles. The third-order valence-electron chi connectivity index (χ3n) is 17.1. The Balaban J connectivity index is 1.20. The molecule has 0 bridgehead atoms. The van der Waals surface area contributed by atoms with E-state index in [4.69, 9.17) is 9.47 Å². The van der Waals surface area contributed by atoms with Gasteiger partial charge in [-0.3, -0.25) is 0 Å². The number of carbonyl (C=O) groups is 1. The zero-order valence-electron chi connectivity index (χ0n) is 31.3. The zero-order valence-corrected chi connectivity index (χ0v) is 31.3. The number of rotatable bonds is 7. The van der Waals surface area contributed by atoms with E-state index in [9.17, 15) is 9.90 Å². The summed E-state index contributed by atoms with van der Waals surface area (Å²) in [5.41, 5.74) is 2.24. The van der Waals surface area contributed by atoms with Crippen molar-refractivity contribution in [3.05, 3.63) is 12.2 Å². The third kappa shape index (κ3) is 5.30. The highest BCUT2D eigenvalue weighted by Gasteiger charge is 2.71. The maximum Gasteiger partial charge on any atom is 0.332 e. The minimum Gasteiger partial charge on any atom is -0.463 e. The Morgan fingerprint density at radius 2 is 1.61 bits per heavy atom. The second-order valence-electron chi connectivity index (χ2n) is 19.8. The van der Waals surface area contributed by atoms with E-state index in [1.165, 1.54) is 63.4 Å². The van der Waals surface area contributed by atoms with Gasteiger partial charge in [-0.1, -0.05) is 74.0 Å². The molecule has 4 heteroatoms. The maximum atomic E-state index is 13.3. The molecule has 6 aliphatic rings. The Kier molecular flexibility index (Phi) is 9.25. The molecule has 5 unspecified atom stereocenters. The highest BCUT2D eigenvalue weighted by atomic mass is 16.6. The van der Waals surface area contributed by atoms with E-state index >= 15 is 0 Å². The molecule has 6 rings (SSSR count). The van der Waals surface area contributed by atoms with Crippen molar-refractivity contribution in [2.75, 3.05) is 13.2 Å². The Hall–Kier alpha value is -0.870. The predicted molar refractivity (Wildman–Crippen MR) is 187 cm³/mol. The first-order chi connectivity index (χ1) is 21.5. The lowest BCUT2D eigenvalue weighted by molar-refractivity contribution is -0.250. The smallest absolute Gasteiger partial charge is 0.332 e. The first kappa shape index (κ1) is 35.0. The molecule has 0 radical (unpaired) electrons. The minimum absolute atomic E-state index is 0.0111. The van der Waals surface area contributed by atoms with E-state index in [1.54, 1.807) is 0 Å². The van der Waals surface area contributed by atoms with Crippen LogP contribution in [0.1, 0.15) is 146 Å². The van der Waals surface area contributed by atoms with Crippen molar-refractivity contribution in [1.29, 1.82) is 0 Å². The molecule has 4 nitrogen and oxygen atoms in total. The largest absolute Gasteiger partial charge is 0.463 e. The molecular weight excluding hydrogens is 568 g/mol. The molecule has 0 aromatic heterocycles. The fraction of sp³-hybridized carbons (Fsp3) is 0.929. The number of hydrogen-bond donors (Lipinski definition) is 1. The fourth-order valence-corrected chi connectivity index (χ4v) is 14.3. The van der Waals surface area contributed by atoms with Crippen molar-refractivity contribution in [1.82, 2.24) is 0 Å². The SMILES string of the molecule is C=C(C)C1CC[C@]2(COC(=O)CO[C@H]3C[C@@H](C)CC[C@@H]3C(C)C)CC[C@]3(C)C(CCC4[C@@]5(C)CC[C@H](O)C(C)(C)C5CC[C@]43C)C12. The Labute approximate surface area is 282 Å². The van der Waals surface area contributed by atoms with Gasteiger partial charge in [0.1, 0.15) is 6.61 Å². The maximum absolute atomic E-state index is 13.3. The Morgan fingerprint density at radius 3 is 2.30 bits per heavy atom. The van der Waals surface area contributed by atoms with Gasteiger partial charge in [-0.2, -0.15) is 0 Å². The van der Waals surface area contributed by atoms with E-state index in [0.717, 1.165) is 25.7 Å². The topological polar surface area (TPSA) is 55.8 Å². The van der Waals surface area contributed by atoms with Crippen LogP contribution in [0, 0.1) is 74.4 Å². The van der Waals surface area contributed by atoms with E-state index < -0.39 is 0 Å². The molecule has 0 saturated heterocycles. The quantitative estimate of drug-likeness (QED) is 0.223. The Morgan fingerprint density at radius 1 is 0.870 bits per heavy atom. The molecule has 0 spiro atoms. The molecule has 6 fully saturated rings. The molecule has 13 atom stereocenters. The monoisotopic (exact) mass is 639 g/mol. The van der Waals surface area contributed by atoms with Crippen molar-refractivity contribution in [3.8, 4) is 0 Å². The summed E-state index contributed by atoms with van der Waals surface area (Å²) in [5, 5.41) is 11.1. The summed E-state index contributed by atoms with van der Waals surface area (Å²) in [6.07, 6.45) is 15.5. The van der Waals surface area contributed by atoms with Gasteiger partial charge in [-0.15, -0.1) is 0 Å². The number of allylic oxidation sites excluding steroid dienone is 1. The lowest BCUT2D eigenvalue weighted by atomic mass is 9.32. The summed E-state index contributed by atoms with van der Waals surface area (Å²) in [7, 11) is 0. The average molecular weight is 639 g/mol. The van der Waals surface area contributed by atoms with Crippen LogP contribution in [0.5, 0.6) is 0 Å². The zero-order chi connectivity index (χ0) is 33.4. The lowest BCUT2D eigenvalue weighted by Gasteiger charge is -2.73. The summed E-state index contributed by atoms with van der Waals surface area (Å²) >= 11 is 0. The first-order valence-corrected chi connectivity index (χ1v) is 19.6. The summed E-state index contributed by atoms with van der Waals surface area (Å²) in [4.78, 5) is 13.3. The van der Waals surface area contributed by atoms with Gasteiger partial charge >= 0.3 is 5.97 Å². The molecule has 0 amide bonds. The average Bonchev–Trinajstić information content (AvgIpc) is 3.38. The van der Waals surface area contributed by atoms with Crippen LogP contribution in [0.4, 0.5) is 0 Å². The normalized spacial score (nSPS) is 49.8. The van der Waals surface area contributed by atoms with Crippen molar-refractivity contribution in [2.24, 2.45) is 74.4 Å². The van der Waals surface area contributed by atoms with Gasteiger partial charge in [0.05, 0.1) is 18.8 Å². The van der Waals surface area contributed by atoms with Gasteiger partial charge in [0.25, 0.3) is 0 Å². The number of esters is 1. The molecule has 0 heterocycles. The molecule has 6 saturated carbocycles. The molecule has 6 aliphatic carbocycles. The summed E-state index contributed by atoms with van der Waals surface area (Å²) in [5.74, 6) is 4.60. The van der Waals surface area contributed by atoms with Crippen molar-refractivity contribution < 1.29 is 19.4 Å². The number of carbonyl (C=O) groups excluding carboxylic acids is 1. The highest BCUT2D eigenvalue weighted by molar-refractivity contribution is 5.70. The van der Waals surface area contributed by atoms with Gasteiger partial charge in [0.15, 0.2) is 0 Å². The third-order valence-corrected chi connectivity index (χ3v) is 17.1. The van der Waals surface area contributed by atoms with Gasteiger partial charge < -0.3 is 14.6 Å². The highest BCUT2D eigenvalue weighted by Crippen LogP contribution is 2.77. The van der Waals surface area contributed by atoms with Gasteiger partial charge in [0, 0.05) is 5.41 Å². The standard InChI is InChI=1S/C42H70O4/c1-26(2)29-12-11-28(5)23-32(29)45-24-36(44)46-25-42-20-15-30(27(3)4)37(42)31-13-14-34-39(8)18-17-35(43)38(6,7)33(39)16-19-41(34,10)40(31,9)21-22-42/h26,28-35,37,43H,3,11-25H2,1-2,4-10H3/t28-,29+,30?,31?,32-,33?,34?,35-,37?,39-,40+,41+,42+/m0/s1. The summed E-state index contributed by atoms with van der Waals surface area (Å²) < 4.78 is 12.6. The number of aliphatic hydroxyl groups excluding tert-OH is 1. The van der Waals surface area contributed by atoms with E-state index in [0.29, 0.717) is 64.8 Å². The summed E-state index contributed by atoms with van der Waals surface area (Å²) in [6, 6.07) is 0. The predicted octanol–water partition coefficient (Wildman–Crippen LogP) is 10.0. The van der Waals surface area contributed by atoms with Gasteiger partial charge in [0.2, 0.25) is 0 Å². The molecular formula is C42H70O4. The lowest BCUT2D eigenvalue weighted by Crippen LogP contribution is -2.66. The molecule has 0 aliphatic heterocycles. The van der Waals surface area contributed by atoms with E-state index in [-0.39, 0.29) is 41.0 Å². The fourth-order valence-electron chi connectivity index (χ4n) is 14.3. The van der Waals surface area contributed by atoms with Crippen LogP contribution >= 0.6 is 0 Å². The number of aliphatic hydroxyl groups is 1. The summed E-state index contributed by atoms with van der Waals surface area (Å²) in [6.45, 7) is 27.1. The van der Waals surface area contributed by atoms with Crippen LogP contribution in [0.3, 0.4) is 0 Å². The van der Waals surface area contributed by atoms with Crippen molar-refractivity contribution in [3.63, 3.8) is 0 Å². The van der Waals surface area contributed by atoms with Crippen LogP contribution in [-0.4, -0.2) is 36.5 Å². The van der Waals surface area contributed by atoms with Crippen LogP contribution in [0.15, 0.2) is 12.2 Å². The number of fused-ring (bicyclic) bond motifs is 7. The van der Waals surface area contributed by atoms with Crippen molar-refractivity contribution in [2.45, 2.75) is 158 Å². The van der Waals surface area contributed by atoms with Gasteiger partial charge in [-0.05, 0) is 153 Å². The van der Waals surface area contributed by atoms with Crippen LogP contribution in [0.25, 0.3) is 0 Å². The van der Waals surface area contributed by atoms with Gasteiger partial charge in [-0.25, -0.2) is 4.79 Å². The molecule has 46 heavy (non-hydrogen) atoms. The van der Waals surface area contributed by atoms with E-state index in [1.807, 2.05) is 0 Å². The molecule has 1 N–H and O–H groups in total. The van der Waals surface area contributed by atoms with Crippen LogP contribution in [-0.2, 0) is 14.3 Å². The number of hydrogen-bond acceptors (Lipinski definition) is 4.